The van der Waals surface area contributed by atoms with Gasteiger partial charge in [-0.2, -0.15) is 0 Å². The van der Waals surface area contributed by atoms with Crippen molar-refractivity contribution < 1.29 is 53.8 Å². The van der Waals surface area contributed by atoms with Gasteiger partial charge in [0.2, 0.25) is 11.8 Å². The molecule has 0 aromatic rings. The van der Waals surface area contributed by atoms with E-state index in [4.69, 9.17) is 14.6 Å². The molecule has 356 valence electrons. The molecule has 0 aliphatic heterocycles. The maximum atomic E-state index is 11.7. The molecule has 4 N–H and O–H groups in total. The van der Waals surface area contributed by atoms with Crippen LogP contribution in [0.2, 0.25) is 0 Å². The number of nitrogens with zero attached hydrogens (tertiary/aromatic N) is 2. The van der Waals surface area contributed by atoms with Crippen LogP contribution in [0.3, 0.4) is 0 Å². The summed E-state index contributed by atoms with van der Waals surface area (Å²) >= 11 is 0. The van der Waals surface area contributed by atoms with E-state index in [0.29, 0.717) is 38.8 Å². The van der Waals surface area contributed by atoms with Gasteiger partial charge in [0.15, 0.2) is 0 Å². The molecule has 0 atom stereocenters. The molecule has 0 fully saturated rings. The highest BCUT2D eigenvalue weighted by atomic mass is 16.5. The largest absolute Gasteiger partial charge is 0.550 e. The number of carbonyl (C=O) groups excluding carboxylic acids is 5. The minimum Gasteiger partial charge on any atom is -0.550 e. The minimum atomic E-state index is -1.10. The van der Waals surface area contributed by atoms with E-state index in [1.165, 1.54) is 56.4 Å². The number of rotatable bonds is 32. The molecule has 0 unspecified atom stereocenters. The van der Waals surface area contributed by atoms with Gasteiger partial charge in [0.25, 0.3) is 0 Å². The first-order chi connectivity index (χ1) is 28.7. The fourth-order valence-corrected chi connectivity index (χ4v) is 4.94. The van der Waals surface area contributed by atoms with Crippen molar-refractivity contribution in [1.29, 1.82) is 0 Å². The number of hydrogen-bond acceptors (Lipinski definition) is 10. The summed E-state index contributed by atoms with van der Waals surface area (Å²) in [5.41, 5.74) is 0. The number of carboxylic acid groups (broad SMARTS) is 2. The van der Waals surface area contributed by atoms with E-state index in [2.05, 4.69) is 52.3 Å². The van der Waals surface area contributed by atoms with Crippen molar-refractivity contribution in [2.75, 3.05) is 67.6 Å². The lowest BCUT2D eigenvalue weighted by molar-refractivity contribution is -0.626. The Hall–Kier alpha value is -3.52. The summed E-state index contributed by atoms with van der Waals surface area (Å²) in [4.78, 5) is 68.7. The fourth-order valence-electron chi connectivity index (χ4n) is 4.94. The molecule has 14 nitrogen and oxygen atoms in total. The first kappa shape index (κ1) is 65.6. The summed E-state index contributed by atoms with van der Waals surface area (Å²) < 4.78 is 10.1. The highest BCUT2D eigenvalue weighted by Gasteiger charge is 2.08. The number of amides is 2. The first-order valence-corrected chi connectivity index (χ1v) is 23.0. The lowest BCUT2D eigenvalue weighted by Crippen LogP contribution is -2.79. The number of ether oxygens (including phenoxy) is 2. The molecule has 0 bridgehead atoms. The second kappa shape index (κ2) is 55.5. The molecule has 0 aromatic heterocycles. The summed E-state index contributed by atoms with van der Waals surface area (Å²) in [6.45, 7) is 17.2. The van der Waals surface area contributed by atoms with E-state index < -0.39 is 11.9 Å². The fraction of sp³-hybridized carbons (Fsp3) is 0.826. The summed E-state index contributed by atoms with van der Waals surface area (Å²) in [6.07, 6.45) is 22.0. The molecule has 60 heavy (non-hydrogen) atoms. The average Bonchev–Trinajstić information content (AvgIpc) is 3.21. The number of aliphatic carboxylic acids is 2. The summed E-state index contributed by atoms with van der Waals surface area (Å²) in [7, 11) is 7.54. The SMILES string of the molecule is CCCCCCCC(=O)OCCCC(=O)[O-].CCCCCCCC(=O)OCCCCCC(=O)N(C)CCC.CCCN(C)C(=O)C=CC(=O)O.CCCNC.CCC[NH2+]C. The number of hydrogen-bond donors (Lipinski definition) is 3. The van der Waals surface area contributed by atoms with Crippen LogP contribution in [0, 0.1) is 0 Å². The van der Waals surface area contributed by atoms with Crippen LogP contribution in [0.4, 0.5) is 0 Å². The number of quaternary nitrogens is 1. The molecule has 0 radical (unpaired) electrons. The van der Waals surface area contributed by atoms with Crippen LogP contribution in [-0.2, 0) is 38.2 Å². The molecule has 0 aromatic carbocycles. The first-order valence-electron chi connectivity index (χ1n) is 23.0. The Kier molecular flexibility index (Phi) is 60.7. The molecular weight excluding hydrogens is 769 g/mol. The second-order valence-electron chi connectivity index (χ2n) is 14.6. The van der Waals surface area contributed by atoms with Crippen molar-refractivity contribution in [2.24, 2.45) is 0 Å². The molecule has 0 rings (SSSR count). The van der Waals surface area contributed by atoms with Gasteiger partial charge in [-0.1, -0.05) is 92.9 Å². The van der Waals surface area contributed by atoms with Gasteiger partial charge in [0, 0.05) is 64.6 Å². The van der Waals surface area contributed by atoms with E-state index in [9.17, 15) is 33.9 Å². The van der Waals surface area contributed by atoms with E-state index in [1.54, 1.807) is 11.9 Å². The average molecular weight is 861 g/mol. The maximum Gasteiger partial charge on any atom is 0.328 e. The van der Waals surface area contributed by atoms with Crippen LogP contribution in [0.5, 0.6) is 0 Å². The Bertz CT molecular complexity index is 1020. The van der Waals surface area contributed by atoms with Gasteiger partial charge in [0.1, 0.15) is 0 Å². The lowest BCUT2D eigenvalue weighted by Gasteiger charge is -2.15. The van der Waals surface area contributed by atoms with Gasteiger partial charge in [0.05, 0.1) is 26.8 Å². The smallest absolute Gasteiger partial charge is 0.328 e. The molecule has 0 spiro atoms. The number of unbranched alkanes of at least 4 members (excludes halogenated alkanes) is 10. The molecule has 0 aliphatic rings. The van der Waals surface area contributed by atoms with Gasteiger partial charge in [-0.05, 0) is 84.2 Å². The number of esters is 2. The van der Waals surface area contributed by atoms with Crippen molar-refractivity contribution in [1.82, 2.24) is 15.1 Å². The standard InChI is InChI=1S/C18H35NO3.C12H22O4.C8H13NO3.2C4H11N/c1-4-6-7-8-11-14-18(21)22-16-12-9-10-13-17(20)19(3)15-5-2;1-2-3-4-5-6-9-12(15)16-10-7-8-11(13)14;1-3-6-9(2)7(10)4-5-8(11)12;2*1-3-4-5-2/h4-16H2,1-3H3;2-10H2,1H3,(H,13,14);4-5H,3,6H2,1-2H3,(H,11,12);2*5H,3-4H2,1-2H3. The monoisotopic (exact) mass is 861 g/mol. The van der Waals surface area contributed by atoms with E-state index in [-0.39, 0.29) is 36.8 Å². The molecule has 2 amide bonds. The predicted octanol–water partition coefficient (Wildman–Crippen LogP) is 6.44. The topological polar surface area (TPSA) is 199 Å². The zero-order valence-electron chi connectivity index (χ0n) is 40.0. The van der Waals surface area contributed by atoms with Crippen LogP contribution >= 0.6 is 0 Å². The Morgan fingerprint density at radius 1 is 0.583 bits per heavy atom. The van der Waals surface area contributed by atoms with E-state index in [0.717, 1.165) is 89.4 Å². The maximum absolute atomic E-state index is 11.7. The number of nitrogens with two attached hydrogens (primary N) is 1. The number of likely N-dealkylation sites (N-methyl/N-ethyl adjacent to an activating group) is 1. The van der Waals surface area contributed by atoms with Crippen LogP contribution < -0.4 is 15.7 Å². The van der Waals surface area contributed by atoms with Crippen LogP contribution in [-0.4, -0.2) is 118 Å². The second-order valence-corrected chi connectivity index (χ2v) is 14.6. The summed E-state index contributed by atoms with van der Waals surface area (Å²) in [5.74, 6) is -2.57. The third-order valence-electron chi connectivity index (χ3n) is 8.42. The number of carboxylic acids is 2. The van der Waals surface area contributed by atoms with Gasteiger partial charge in [-0.25, -0.2) is 4.79 Å². The number of carbonyl (C=O) groups is 6. The predicted molar refractivity (Wildman–Crippen MR) is 241 cm³/mol. The highest BCUT2D eigenvalue weighted by molar-refractivity contribution is 5.93. The van der Waals surface area contributed by atoms with Crippen molar-refractivity contribution >= 4 is 35.7 Å². The summed E-state index contributed by atoms with van der Waals surface area (Å²) in [5, 5.41) is 23.5. The molecule has 0 aliphatic carbocycles. The van der Waals surface area contributed by atoms with E-state index in [1.807, 2.05) is 21.0 Å². The molecule has 14 heteroatoms. The van der Waals surface area contributed by atoms with Crippen molar-refractivity contribution in [2.45, 2.75) is 183 Å². The van der Waals surface area contributed by atoms with Crippen LogP contribution in [0.25, 0.3) is 0 Å². The van der Waals surface area contributed by atoms with Crippen molar-refractivity contribution in [3.05, 3.63) is 12.2 Å². The third-order valence-corrected chi connectivity index (χ3v) is 8.42. The van der Waals surface area contributed by atoms with Crippen LogP contribution in [0.15, 0.2) is 12.2 Å². The zero-order chi connectivity index (χ0) is 46.7. The van der Waals surface area contributed by atoms with Gasteiger partial charge in [-0.15, -0.1) is 0 Å². The molecule has 0 saturated heterocycles. The third kappa shape index (κ3) is 63.6. The molecule has 0 heterocycles. The normalized spacial score (nSPS) is 9.97. The zero-order valence-corrected chi connectivity index (χ0v) is 40.0. The highest BCUT2D eigenvalue weighted by Crippen LogP contribution is 2.08. The van der Waals surface area contributed by atoms with Gasteiger partial charge in [-0.3, -0.25) is 19.2 Å². The summed E-state index contributed by atoms with van der Waals surface area (Å²) in [6, 6.07) is 0. The Morgan fingerprint density at radius 3 is 1.43 bits per heavy atom. The minimum absolute atomic E-state index is 0.0518. The van der Waals surface area contributed by atoms with Crippen LogP contribution in [0.1, 0.15) is 183 Å². The lowest BCUT2D eigenvalue weighted by atomic mass is 10.1. The number of nitrogens with one attached hydrogen (secondary N) is 1. The van der Waals surface area contributed by atoms with Gasteiger partial charge >= 0.3 is 17.9 Å². The van der Waals surface area contributed by atoms with Crippen molar-refractivity contribution in [3.63, 3.8) is 0 Å². The molecular formula is C46H92N4O10. The molecule has 0 saturated carbocycles. The Labute approximate surface area is 366 Å². The van der Waals surface area contributed by atoms with Gasteiger partial charge < -0.3 is 44.9 Å². The van der Waals surface area contributed by atoms with Crippen molar-refractivity contribution in [3.8, 4) is 0 Å². The quantitative estimate of drug-likeness (QED) is 0.0382. The van der Waals surface area contributed by atoms with E-state index >= 15 is 0 Å². The Balaban J connectivity index is -0.000000232. The Morgan fingerprint density at radius 2 is 1.05 bits per heavy atom.